The van der Waals surface area contributed by atoms with Gasteiger partial charge >= 0.3 is 0 Å². The van der Waals surface area contributed by atoms with E-state index in [9.17, 15) is 0 Å². The lowest BCUT2D eigenvalue weighted by Gasteiger charge is -2.10. The van der Waals surface area contributed by atoms with Crippen LogP contribution in [0.4, 0.5) is 0 Å². The summed E-state index contributed by atoms with van der Waals surface area (Å²) < 4.78 is 0. The van der Waals surface area contributed by atoms with Crippen molar-refractivity contribution in [3.8, 4) is 0 Å². The molecule has 0 aromatic rings. The zero-order valence-electron chi connectivity index (χ0n) is 12.5. The van der Waals surface area contributed by atoms with Gasteiger partial charge in [0.15, 0.2) is 0 Å². The van der Waals surface area contributed by atoms with Crippen molar-refractivity contribution in [2.75, 3.05) is 0 Å². The van der Waals surface area contributed by atoms with Crippen LogP contribution in [0.3, 0.4) is 0 Å². The van der Waals surface area contributed by atoms with Crippen molar-refractivity contribution in [1.82, 2.24) is 0 Å². The van der Waals surface area contributed by atoms with Gasteiger partial charge in [-0.1, -0.05) is 104 Å². The highest BCUT2D eigenvalue weighted by atomic mass is 14.1. The van der Waals surface area contributed by atoms with Gasteiger partial charge in [0.1, 0.15) is 0 Å². The molecule has 0 heterocycles. The van der Waals surface area contributed by atoms with Crippen molar-refractivity contribution >= 4 is 0 Å². The first-order chi connectivity index (χ1) is 8.31. The lowest BCUT2D eigenvalue weighted by atomic mass is 9.96. The molecule has 0 aromatic heterocycles. The van der Waals surface area contributed by atoms with Crippen LogP contribution in [-0.4, -0.2) is 0 Å². The smallest absolute Gasteiger partial charge is 0.0443 e. The summed E-state index contributed by atoms with van der Waals surface area (Å²) in [4.78, 5) is 0. The zero-order chi connectivity index (χ0) is 12.8. The molecule has 1 atom stereocenters. The Morgan fingerprint density at radius 1 is 0.706 bits per heavy atom. The average molecular weight is 239 g/mol. The Balaban J connectivity index is 3.05. The van der Waals surface area contributed by atoms with Gasteiger partial charge in [0, 0.05) is 0 Å². The van der Waals surface area contributed by atoms with Crippen molar-refractivity contribution in [2.45, 2.75) is 97.3 Å². The standard InChI is InChI=1S/C17H35/c1-4-6-8-9-10-11-12-14-16-17(3)15-13-7-5-2/h17H,1,4-16H2,2-3H3. The highest BCUT2D eigenvalue weighted by Crippen LogP contribution is 2.17. The van der Waals surface area contributed by atoms with E-state index in [0.29, 0.717) is 0 Å². The van der Waals surface area contributed by atoms with E-state index in [2.05, 4.69) is 20.8 Å². The molecule has 0 amide bonds. The maximum Gasteiger partial charge on any atom is -0.0443 e. The van der Waals surface area contributed by atoms with Gasteiger partial charge in [-0.15, -0.1) is 0 Å². The van der Waals surface area contributed by atoms with Crippen molar-refractivity contribution in [2.24, 2.45) is 5.92 Å². The highest BCUT2D eigenvalue weighted by Gasteiger charge is 2.01. The summed E-state index contributed by atoms with van der Waals surface area (Å²) in [6, 6.07) is 0. The third-order valence-corrected chi connectivity index (χ3v) is 3.75. The predicted molar refractivity (Wildman–Crippen MR) is 80.2 cm³/mol. The molecule has 0 heteroatoms. The van der Waals surface area contributed by atoms with E-state index in [4.69, 9.17) is 0 Å². The van der Waals surface area contributed by atoms with E-state index < -0.39 is 0 Å². The predicted octanol–water partition coefficient (Wildman–Crippen LogP) is 6.55. The van der Waals surface area contributed by atoms with Gasteiger partial charge in [0.2, 0.25) is 0 Å². The van der Waals surface area contributed by atoms with E-state index in [0.717, 1.165) is 12.3 Å². The maximum atomic E-state index is 3.88. The van der Waals surface area contributed by atoms with Gasteiger partial charge in [-0.2, -0.15) is 0 Å². The quantitative estimate of drug-likeness (QED) is 0.320. The second kappa shape index (κ2) is 14.1. The van der Waals surface area contributed by atoms with Crippen molar-refractivity contribution < 1.29 is 0 Å². The molecular weight excluding hydrogens is 204 g/mol. The number of rotatable bonds is 13. The van der Waals surface area contributed by atoms with Crippen LogP contribution in [0.25, 0.3) is 0 Å². The Morgan fingerprint density at radius 3 is 1.71 bits per heavy atom. The Labute approximate surface area is 111 Å². The fraction of sp³-hybridized carbons (Fsp3) is 0.941. The Bertz CT molecular complexity index is 128. The highest BCUT2D eigenvalue weighted by molar-refractivity contribution is 4.55. The van der Waals surface area contributed by atoms with Crippen molar-refractivity contribution in [3.05, 3.63) is 6.92 Å². The van der Waals surface area contributed by atoms with Gasteiger partial charge in [-0.25, -0.2) is 0 Å². The number of hydrogen-bond donors (Lipinski definition) is 0. The largest absolute Gasteiger partial charge is 0.0654 e. The molecule has 0 saturated heterocycles. The summed E-state index contributed by atoms with van der Waals surface area (Å²) in [5.41, 5.74) is 0. The lowest BCUT2D eigenvalue weighted by Crippen LogP contribution is -1.94. The van der Waals surface area contributed by atoms with Gasteiger partial charge < -0.3 is 0 Å². The van der Waals surface area contributed by atoms with Gasteiger partial charge in [-0.05, 0) is 5.92 Å². The van der Waals surface area contributed by atoms with Crippen LogP contribution in [0, 0.1) is 12.8 Å². The summed E-state index contributed by atoms with van der Waals surface area (Å²) in [6.45, 7) is 8.61. The van der Waals surface area contributed by atoms with E-state index in [-0.39, 0.29) is 0 Å². The monoisotopic (exact) mass is 239 g/mol. The number of hydrogen-bond acceptors (Lipinski definition) is 0. The second-order valence-corrected chi connectivity index (χ2v) is 5.72. The minimum Gasteiger partial charge on any atom is -0.0654 e. The first-order valence-electron chi connectivity index (χ1n) is 8.10. The van der Waals surface area contributed by atoms with Gasteiger partial charge in [0.05, 0.1) is 0 Å². The number of unbranched alkanes of at least 4 members (excludes halogenated alkanes) is 9. The molecule has 0 aliphatic heterocycles. The summed E-state index contributed by atoms with van der Waals surface area (Å²) in [7, 11) is 0. The molecule has 0 fully saturated rings. The van der Waals surface area contributed by atoms with Crippen LogP contribution in [0.2, 0.25) is 0 Å². The lowest BCUT2D eigenvalue weighted by molar-refractivity contribution is 0.436. The molecule has 0 aliphatic carbocycles. The van der Waals surface area contributed by atoms with E-state index in [1.165, 1.54) is 77.0 Å². The molecule has 0 aliphatic rings. The zero-order valence-corrected chi connectivity index (χ0v) is 12.5. The van der Waals surface area contributed by atoms with Crippen LogP contribution < -0.4 is 0 Å². The fourth-order valence-electron chi connectivity index (χ4n) is 2.44. The van der Waals surface area contributed by atoms with Crippen LogP contribution in [0.1, 0.15) is 97.3 Å². The molecule has 17 heavy (non-hydrogen) atoms. The molecule has 0 saturated carbocycles. The van der Waals surface area contributed by atoms with Crippen molar-refractivity contribution in [3.63, 3.8) is 0 Å². The van der Waals surface area contributed by atoms with E-state index >= 15 is 0 Å². The first-order valence-corrected chi connectivity index (χ1v) is 8.10. The molecule has 1 unspecified atom stereocenters. The minimum absolute atomic E-state index is 0.965. The van der Waals surface area contributed by atoms with Crippen LogP contribution in [0.5, 0.6) is 0 Å². The first kappa shape index (κ1) is 17.0. The maximum absolute atomic E-state index is 3.88. The van der Waals surface area contributed by atoms with Gasteiger partial charge in [-0.3, -0.25) is 0 Å². The van der Waals surface area contributed by atoms with Crippen LogP contribution >= 0.6 is 0 Å². The van der Waals surface area contributed by atoms with Crippen LogP contribution in [0.15, 0.2) is 0 Å². The van der Waals surface area contributed by atoms with Crippen molar-refractivity contribution in [1.29, 1.82) is 0 Å². The minimum atomic E-state index is 0.965. The van der Waals surface area contributed by atoms with Crippen LogP contribution in [-0.2, 0) is 0 Å². The summed E-state index contributed by atoms with van der Waals surface area (Å²) in [5, 5.41) is 0. The fourth-order valence-corrected chi connectivity index (χ4v) is 2.44. The molecule has 103 valence electrons. The molecule has 0 rings (SSSR count). The molecule has 0 spiro atoms. The molecule has 1 radical (unpaired) electrons. The molecule has 0 aromatic carbocycles. The summed E-state index contributed by atoms with van der Waals surface area (Å²) >= 11 is 0. The molecule has 0 N–H and O–H groups in total. The molecular formula is C17H35. The third-order valence-electron chi connectivity index (χ3n) is 3.75. The normalized spacial score (nSPS) is 12.9. The Hall–Kier alpha value is 0. The Kier molecular flexibility index (Phi) is 14.1. The van der Waals surface area contributed by atoms with E-state index in [1.807, 2.05) is 0 Å². The topological polar surface area (TPSA) is 0 Å². The second-order valence-electron chi connectivity index (χ2n) is 5.72. The SMILES string of the molecule is [CH2]CCCCCCCCCC(C)CCCCC. The summed E-state index contributed by atoms with van der Waals surface area (Å²) in [5.74, 6) is 0.965. The molecule has 0 bridgehead atoms. The summed E-state index contributed by atoms with van der Waals surface area (Å²) in [6.07, 6.45) is 18.3. The Morgan fingerprint density at radius 2 is 1.18 bits per heavy atom. The van der Waals surface area contributed by atoms with Gasteiger partial charge in [0.25, 0.3) is 0 Å². The van der Waals surface area contributed by atoms with E-state index in [1.54, 1.807) is 0 Å². The average Bonchev–Trinajstić information content (AvgIpc) is 2.33. The molecule has 0 nitrogen and oxygen atoms in total. The third kappa shape index (κ3) is 13.9.